The predicted octanol–water partition coefficient (Wildman–Crippen LogP) is 4.01. The Kier molecular flexibility index (Phi) is 4.85. The van der Waals surface area contributed by atoms with Crippen LogP contribution in [0, 0.1) is 0 Å². The largest absolute Gasteiger partial charge is 0.348 e. The summed E-state index contributed by atoms with van der Waals surface area (Å²) in [6.07, 6.45) is 0.982. The van der Waals surface area contributed by atoms with Gasteiger partial charge in [0.2, 0.25) is 5.95 Å². The van der Waals surface area contributed by atoms with Crippen molar-refractivity contribution in [2.24, 2.45) is 7.05 Å². The summed E-state index contributed by atoms with van der Waals surface area (Å²) in [5.74, 6) is 0.616. The summed E-state index contributed by atoms with van der Waals surface area (Å²) in [6, 6.07) is 11.5. The van der Waals surface area contributed by atoms with Gasteiger partial charge in [0.15, 0.2) is 5.13 Å². The van der Waals surface area contributed by atoms with Crippen molar-refractivity contribution >= 4 is 61.2 Å². The van der Waals surface area contributed by atoms with Gasteiger partial charge in [-0.3, -0.25) is 4.79 Å². The minimum atomic E-state index is -0.0552. The molecule has 7 nitrogen and oxygen atoms in total. The first-order chi connectivity index (χ1) is 14.5. The van der Waals surface area contributed by atoms with Gasteiger partial charge in [0, 0.05) is 30.2 Å². The fourth-order valence-electron chi connectivity index (χ4n) is 3.82. The third-order valence-corrected chi connectivity index (χ3v) is 6.61. The van der Waals surface area contributed by atoms with Crippen LogP contribution in [-0.2, 0) is 7.05 Å². The van der Waals surface area contributed by atoms with Gasteiger partial charge < -0.3 is 20.1 Å². The maximum atomic E-state index is 12.7. The molecular formula is C21H21ClN6OS. The zero-order chi connectivity index (χ0) is 20.8. The van der Waals surface area contributed by atoms with E-state index in [1.807, 2.05) is 48.0 Å². The van der Waals surface area contributed by atoms with E-state index in [9.17, 15) is 4.79 Å². The van der Waals surface area contributed by atoms with Crippen LogP contribution in [0.4, 0.5) is 11.1 Å². The number of hydrogen-bond donors (Lipinski definition) is 2. The van der Waals surface area contributed by atoms with Gasteiger partial charge in [0.05, 0.1) is 21.3 Å². The summed E-state index contributed by atoms with van der Waals surface area (Å²) in [7, 11) is 4.01. The number of hydrogen-bond acceptors (Lipinski definition) is 6. The van der Waals surface area contributed by atoms with Crippen molar-refractivity contribution in [3.8, 4) is 0 Å². The van der Waals surface area contributed by atoms with Crippen LogP contribution in [0.2, 0.25) is 5.02 Å². The van der Waals surface area contributed by atoms with Gasteiger partial charge in [0.25, 0.3) is 5.91 Å². The van der Waals surface area contributed by atoms with Gasteiger partial charge in [-0.25, -0.2) is 9.97 Å². The van der Waals surface area contributed by atoms with Crippen molar-refractivity contribution < 1.29 is 4.79 Å². The van der Waals surface area contributed by atoms with Crippen LogP contribution in [0.15, 0.2) is 36.4 Å². The van der Waals surface area contributed by atoms with Crippen LogP contribution in [0.5, 0.6) is 0 Å². The fourth-order valence-corrected chi connectivity index (χ4v) is 4.96. The Balaban J connectivity index is 1.39. The van der Waals surface area contributed by atoms with Crippen molar-refractivity contribution in [2.75, 3.05) is 25.5 Å². The van der Waals surface area contributed by atoms with E-state index in [0.717, 1.165) is 45.9 Å². The lowest BCUT2D eigenvalue weighted by molar-refractivity contribution is 0.0938. The number of thiazole rings is 1. The molecule has 2 aromatic heterocycles. The fraction of sp³-hybridized carbons (Fsp3) is 0.286. The molecule has 2 N–H and O–H groups in total. The summed E-state index contributed by atoms with van der Waals surface area (Å²) < 4.78 is 2.97. The van der Waals surface area contributed by atoms with E-state index in [0.29, 0.717) is 16.5 Å². The molecule has 0 saturated carbocycles. The molecule has 5 rings (SSSR count). The molecule has 0 radical (unpaired) electrons. The normalized spacial score (nSPS) is 17.1. The number of anilines is 2. The SMILES string of the molecule is CN1CC[C@@H](NC(=O)c2ccc3c(c2)nc(Nc2nc4ccc(Cl)cc4s2)n3C)C1. The maximum Gasteiger partial charge on any atom is 0.251 e. The highest BCUT2D eigenvalue weighted by molar-refractivity contribution is 7.22. The molecule has 0 aliphatic carbocycles. The number of amides is 1. The molecule has 0 unspecified atom stereocenters. The molecule has 2 aromatic carbocycles. The lowest BCUT2D eigenvalue weighted by Gasteiger charge is -2.12. The molecule has 1 fully saturated rings. The molecule has 0 bridgehead atoms. The van der Waals surface area contributed by atoms with Gasteiger partial charge in [-0.05, 0) is 56.4 Å². The van der Waals surface area contributed by atoms with Crippen molar-refractivity contribution in [1.82, 2.24) is 24.8 Å². The van der Waals surface area contributed by atoms with Crippen LogP contribution in [-0.4, -0.2) is 51.5 Å². The number of likely N-dealkylation sites (N-methyl/N-ethyl adjacent to an activating group) is 1. The van der Waals surface area contributed by atoms with Crippen LogP contribution < -0.4 is 10.6 Å². The number of benzene rings is 2. The molecule has 1 aliphatic heterocycles. The van der Waals surface area contributed by atoms with E-state index in [1.54, 1.807) is 0 Å². The molecule has 1 aliphatic rings. The molecule has 9 heteroatoms. The van der Waals surface area contributed by atoms with Gasteiger partial charge >= 0.3 is 0 Å². The van der Waals surface area contributed by atoms with Gasteiger partial charge in [-0.15, -0.1) is 0 Å². The van der Waals surface area contributed by atoms with Gasteiger partial charge in [-0.1, -0.05) is 22.9 Å². The van der Waals surface area contributed by atoms with Crippen molar-refractivity contribution in [2.45, 2.75) is 12.5 Å². The summed E-state index contributed by atoms with van der Waals surface area (Å²) in [5.41, 5.74) is 3.22. The van der Waals surface area contributed by atoms with Gasteiger partial charge in [-0.2, -0.15) is 0 Å². The summed E-state index contributed by atoms with van der Waals surface area (Å²) in [6.45, 7) is 1.90. The number of rotatable bonds is 4. The number of likely N-dealkylation sites (tertiary alicyclic amines) is 1. The number of halogens is 1. The monoisotopic (exact) mass is 440 g/mol. The van der Waals surface area contributed by atoms with Crippen LogP contribution in [0.3, 0.4) is 0 Å². The van der Waals surface area contributed by atoms with E-state index in [-0.39, 0.29) is 11.9 Å². The number of nitrogens with zero attached hydrogens (tertiary/aromatic N) is 4. The van der Waals surface area contributed by atoms with Gasteiger partial charge in [0.1, 0.15) is 0 Å². The lowest BCUT2D eigenvalue weighted by atomic mass is 10.1. The number of aromatic nitrogens is 3. The lowest BCUT2D eigenvalue weighted by Crippen LogP contribution is -2.36. The number of aryl methyl sites for hydroxylation is 1. The third-order valence-electron chi connectivity index (χ3n) is 5.44. The molecular weight excluding hydrogens is 420 g/mol. The first-order valence-electron chi connectivity index (χ1n) is 9.75. The summed E-state index contributed by atoms with van der Waals surface area (Å²) in [5, 5.41) is 7.85. The first kappa shape index (κ1) is 19.3. The molecule has 4 aromatic rings. The Morgan fingerprint density at radius 3 is 2.83 bits per heavy atom. The van der Waals surface area contributed by atoms with Crippen molar-refractivity contribution in [3.63, 3.8) is 0 Å². The third kappa shape index (κ3) is 3.62. The minimum absolute atomic E-state index is 0.0552. The second-order valence-electron chi connectivity index (χ2n) is 7.68. The smallest absolute Gasteiger partial charge is 0.251 e. The van der Waals surface area contributed by atoms with Crippen LogP contribution >= 0.6 is 22.9 Å². The zero-order valence-electron chi connectivity index (χ0n) is 16.6. The molecule has 3 heterocycles. The van der Waals surface area contributed by atoms with Crippen molar-refractivity contribution in [1.29, 1.82) is 0 Å². The summed E-state index contributed by atoms with van der Waals surface area (Å²) in [4.78, 5) is 24.2. The van der Waals surface area contributed by atoms with E-state index in [4.69, 9.17) is 11.6 Å². The number of fused-ring (bicyclic) bond motifs is 2. The highest BCUT2D eigenvalue weighted by atomic mass is 35.5. The second kappa shape index (κ2) is 7.54. The average Bonchev–Trinajstić information content (AvgIpc) is 3.39. The Labute approximate surface area is 182 Å². The van der Waals surface area contributed by atoms with E-state index < -0.39 is 0 Å². The topological polar surface area (TPSA) is 75.1 Å². The number of carbonyl (C=O) groups excluding carboxylic acids is 1. The Bertz CT molecular complexity index is 1270. The first-order valence-corrected chi connectivity index (χ1v) is 10.9. The highest BCUT2D eigenvalue weighted by Gasteiger charge is 2.22. The van der Waals surface area contributed by atoms with E-state index >= 15 is 0 Å². The number of imidazole rings is 1. The second-order valence-corrected chi connectivity index (χ2v) is 9.14. The average molecular weight is 441 g/mol. The standard InChI is InChI=1S/C21H21ClN6OS/c1-27-8-7-14(11-27)23-19(29)12-3-6-17-16(9-12)24-20(28(17)2)26-21-25-15-5-4-13(22)10-18(15)30-21/h3-6,9-10,14H,7-8,11H2,1-2H3,(H,23,29)(H,24,25,26)/t14-/m1/s1. The Hall–Kier alpha value is -2.68. The molecule has 1 amide bonds. The molecule has 1 atom stereocenters. The maximum absolute atomic E-state index is 12.7. The van der Waals surface area contributed by atoms with Crippen LogP contribution in [0.25, 0.3) is 21.3 Å². The minimum Gasteiger partial charge on any atom is -0.348 e. The Morgan fingerprint density at radius 1 is 1.17 bits per heavy atom. The van der Waals surface area contributed by atoms with E-state index in [2.05, 4.69) is 32.5 Å². The Morgan fingerprint density at radius 2 is 2.03 bits per heavy atom. The predicted molar refractivity (Wildman–Crippen MR) is 122 cm³/mol. The molecule has 0 spiro atoms. The molecule has 1 saturated heterocycles. The van der Waals surface area contributed by atoms with Crippen molar-refractivity contribution in [3.05, 3.63) is 47.0 Å². The summed E-state index contributed by atoms with van der Waals surface area (Å²) >= 11 is 7.60. The number of nitrogens with one attached hydrogen (secondary N) is 2. The van der Waals surface area contributed by atoms with Crippen LogP contribution in [0.1, 0.15) is 16.8 Å². The number of carbonyl (C=O) groups is 1. The van der Waals surface area contributed by atoms with E-state index in [1.165, 1.54) is 11.3 Å². The highest BCUT2D eigenvalue weighted by Crippen LogP contribution is 2.31. The molecule has 30 heavy (non-hydrogen) atoms. The molecule has 154 valence electrons. The quantitative estimate of drug-likeness (QED) is 0.501. The zero-order valence-corrected chi connectivity index (χ0v) is 18.2.